The van der Waals surface area contributed by atoms with Crippen molar-refractivity contribution in [1.29, 1.82) is 0 Å². The number of nitro benzene ring substituents is 1. The van der Waals surface area contributed by atoms with Gasteiger partial charge in [0.2, 0.25) is 10.0 Å². The molecule has 106 valence electrons. The molecular weight excluding hydrogens is 272 g/mol. The second-order valence-corrected chi connectivity index (χ2v) is 6.13. The van der Waals surface area contributed by atoms with Crippen LogP contribution in [0.3, 0.4) is 0 Å². The van der Waals surface area contributed by atoms with E-state index in [0.717, 1.165) is 28.9 Å². The first kappa shape index (κ1) is 15.4. The standard InChI is InChI=1S/C11H16N2O5S/c1-3-4-7-12(2)19(17,18)9-5-6-11(14)10(8-9)13(15)16/h5-6,8,14H,3-4,7H2,1-2H3. The molecule has 0 aliphatic heterocycles. The highest BCUT2D eigenvalue weighted by Gasteiger charge is 2.24. The summed E-state index contributed by atoms with van der Waals surface area (Å²) in [6, 6.07) is 3.03. The lowest BCUT2D eigenvalue weighted by atomic mass is 10.3. The minimum atomic E-state index is -3.77. The Bertz CT molecular complexity index is 570. The summed E-state index contributed by atoms with van der Waals surface area (Å²) in [6.45, 7) is 2.28. The van der Waals surface area contributed by atoms with Gasteiger partial charge >= 0.3 is 5.69 Å². The van der Waals surface area contributed by atoms with Gasteiger partial charge in [-0.05, 0) is 18.6 Å². The third-order valence-corrected chi connectivity index (χ3v) is 4.53. The van der Waals surface area contributed by atoms with E-state index in [1.54, 1.807) is 0 Å². The Balaban J connectivity index is 3.15. The fourth-order valence-corrected chi connectivity index (χ4v) is 2.72. The molecule has 0 unspecified atom stereocenters. The summed E-state index contributed by atoms with van der Waals surface area (Å²) in [5, 5.41) is 20.0. The maximum absolute atomic E-state index is 12.1. The van der Waals surface area contributed by atoms with Crippen molar-refractivity contribution in [3.63, 3.8) is 0 Å². The van der Waals surface area contributed by atoms with Crippen LogP contribution in [0.25, 0.3) is 0 Å². The average molecular weight is 288 g/mol. The largest absolute Gasteiger partial charge is 0.502 e. The lowest BCUT2D eigenvalue weighted by Gasteiger charge is -2.16. The molecular formula is C11H16N2O5S. The van der Waals surface area contributed by atoms with Crippen LogP contribution in [-0.2, 0) is 10.0 Å². The van der Waals surface area contributed by atoms with E-state index < -0.39 is 26.4 Å². The van der Waals surface area contributed by atoms with E-state index >= 15 is 0 Å². The molecule has 0 spiro atoms. The highest BCUT2D eigenvalue weighted by molar-refractivity contribution is 7.89. The predicted octanol–water partition coefficient (Wildman–Crippen LogP) is 1.72. The molecule has 8 heteroatoms. The summed E-state index contributed by atoms with van der Waals surface area (Å²) in [4.78, 5) is 9.66. The van der Waals surface area contributed by atoms with Gasteiger partial charge in [-0.2, -0.15) is 0 Å². The average Bonchev–Trinajstić information content (AvgIpc) is 2.35. The highest BCUT2D eigenvalue weighted by atomic mass is 32.2. The third-order valence-electron chi connectivity index (χ3n) is 2.68. The fraction of sp³-hybridized carbons (Fsp3) is 0.455. The number of hydrogen-bond donors (Lipinski definition) is 1. The molecule has 0 radical (unpaired) electrons. The summed E-state index contributed by atoms with van der Waals surface area (Å²) < 4.78 is 25.4. The number of phenolic OH excluding ortho intramolecular Hbond substituents is 1. The van der Waals surface area contributed by atoms with Gasteiger partial charge in [0, 0.05) is 19.7 Å². The first-order valence-electron chi connectivity index (χ1n) is 5.74. The summed E-state index contributed by atoms with van der Waals surface area (Å²) in [5.41, 5.74) is -0.620. The summed E-state index contributed by atoms with van der Waals surface area (Å²) in [6.07, 6.45) is 1.55. The number of aromatic hydroxyl groups is 1. The molecule has 1 aromatic carbocycles. The van der Waals surface area contributed by atoms with Gasteiger partial charge in [-0.1, -0.05) is 13.3 Å². The third kappa shape index (κ3) is 3.42. The van der Waals surface area contributed by atoms with E-state index in [4.69, 9.17) is 0 Å². The number of hydrogen-bond acceptors (Lipinski definition) is 5. The molecule has 1 rings (SSSR count). The Morgan fingerprint density at radius 3 is 2.58 bits per heavy atom. The fourth-order valence-electron chi connectivity index (χ4n) is 1.49. The molecule has 1 aromatic rings. The molecule has 0 fully saturated rings. The quantitative estimate of drug-likeness (QED) is 0.634. The van der Waals surface area contributed by atoms with E-state index in [2.05, 4.69) is 0 Å². The molecule has 0 aromatic heterocycles. The lowest BCUT2D eigenvalue weighted by Crippen LogP contribution is -2.27. The van der Waals surface area contributed by atoms with Crippen LogP contribution in [0.5, 0.6) is 5.75 Å². The number of nitro groups is 1. The van der Waals surface area contributed by atoms with Crippen LogP contribution in [-0.4, -0.2) is 36.3 Å². The second-order valence-electron chi connectivity index (χ2n) is 4.09. The number of benzene rings is 1. The summed E-state index contributed by atoms with van der Waals surface area (Å²) in [5.74, 6) is -0.555. The van der Waals surface area contributed by atoms with Gasteiger partial charge < -0.3 is 5.11 Å². The minimum absolute atomic E-state index is 0.199. The molecule has 0 atom stereocenters. The SMILES string of the molecule is CCCCN(C)S(=O)(=O)c1ccc(O)c([N+](=O)[O-])c1. The molecule has 0 saturated carbocycles. The molecule has 0 aliphatic rings. The lowest BCUT2D eigenvalue weighted by molar-refractivity contribution is -0.386. The molecule has 0 aliphatic carbocycles. The van der Waals surface area contributed by atoms with E-state index in [-0.39, 0.29) is 4.90 Å². The molecule has 0 amide bonds. The van der Waals surface area contributed by atoms with Gasteiger partial charge in [0.1, 0.15) is 0 Å². The van der Waals surface area contributed by atoms with E-state index in [0.29, 0.717) is 13.0 Å². The Morgan fingerprint density at radius 2 is 2.05 bits per heavy atom. The van der Waals surface area contributed by atoms with Gasteiger partial charge in [0.05, 0.1) is 9.82 Å². The Hall–Kier alpha value is -1.67. The van der Waals surface area contributed by atoms with Crippen LogP contribution in [0, 0.1) is 10.1 Å². The van der Waals surface area contributed by atoms with Crippen molar-refractivity contribution in [2.75, 3.05) is 13.6 Å². The highest BCUT2D eigenvalue weighted by Crippen LogP contribution is 2.29. The topological polar surface area (TPSA) is 101 Å². The van der Waals surface area contributed by atoms with Crippen LogP contribution in [0.1, 0.15) is 19.8 Å². The van der Waals surface area contributed by atoms with Crippen LogP contribution >= 0.6 is 0 Å². The van der Waals surface area contributed by atoms with Crippen molar-refractivity contribution in [2.45, 2.75) is 24.7 Å². The smallest absolute Gasteiger partial charge is 0.312 e. The zero-order valence-corrected chi connectivity index (χ0v) is 11.6. The predicted molar refractivity (Wildman–Crippen MR) is 69.5 cm³/mol. The van der Waals surface area contributed by atoms with E-state index in [1.165, 1.54) is 7.05 Å². The maximum Gasteiger partial charge on any atom is 0.312 e. The molecule has 0 heterocycles. The number of unbranched alkanes of at least 4 members (excludes halogenated alkanes) is 1. The monoisotopic (exact) mass is 288 g/mol. The number of rotatable bonds is 6. The Labute approximate surface area is 111 Å². The van der Waals surface area contributed by atoms with Gasteiger partial charge in [0.15, 0.2) is 5.75 Å². The molecule has 1 N–H and O–H groups in total. The van der Waals surface area contributed by atoms with E-state index in [9.17, 15) is 23.6 Å². The number of sulfonamides is 1. The van der Waals surface area contributed by atoms with Crippen molar-refractivity contribution in [2.24, 2.45) is 0 Å². The first-order chi connectivity index (χ1) is 8.80. The summed E-state index contributed by atoms with van der Waals surface area (Å²) in [7, 11) is -2.35. The molecule has 0 saturated heterocycles. The molecule has 0 bridgehead atoms. The Morgan fingerprint density at radius 1 is 1.42 bits per heavy atom. The molecule has 19 heavy (non-hydrogen) atoms. The van der Waals surface area contributed by atoms with Gasteiger partial charge in [-0.25, -0.2) is 12.7 Å². The van der Waals surface area contributed by atoms with Crippen LogP contribution < -0.4 is 0 Å². The number of nitrogens with zero attached hydrogens (tertiary/aromatic N) is 2. The number of phenols is 1. The normalized spacial score (nSPS) is 11.7. The van der Waals surface area contributed by atoms with E-state index in [1.807, 2.05) is 6.92 Å². The van der Waals surface area contributed by atoms with Crippen molar-refractivity contribution in [1.82, 2.24) is 4.31 Å². The van der Waals surface area contributed by atoms with Gasteiger partial charge in [-0.15, -0.1) is 0 Å². The summed E-state index contributed by atoms with van der Waals surface area (Å²) >= 11 is 0. The van der Waals surface area contributed by atoms with Crippen molar-refractivity contribution in [3.8, 4) is 5.75 Å². The zero-order valence-electron chi connectivity index (χ0n) is 10.7. The van der Waals surface area contributed by atoms with Crippen molar-refractivity contribution < 1.29 is 18.4 Å². The van der Waals surface area contributed by atoms with Crippen molar-refractivity contribution >= 4 is 15.7 Å². The van der Waals surface area contributed by atoms with Gasteiger partial charge in [0.25, 0.3) is 0 Å². The second kappa shape index (κ2) is 5.98. The van der Waals surface area contributed by atoms with Crippen LogP contribution in [0.2, 0.25) is 0 Å². The van der Waals surface area contributed by atoms with Crippen molar-refractivity contribution in [3.05, 3.63) is 28.3 Å². The zero-order chi connectivity index (χ0) is 14.6. The Kier molecular flexibility index (Phi) is 4.84. The first-order valence-corrected chi connectivity index (χ1v) is 7.18. The molecule has 7 nitrogen and oxygen atoms in total. The maximum atomic E-state index is 12.1. The van der Waals surface area contributed by atoms with Crippen LogP contribution in [0.15, 0.2) is 23.1 Å². The van der Waals surface area contributed by atoms with Crippen LogP contribution in [0.4, 0.5) is 5.69 Å². The van der Waals surface area contributed by atoms with Gasteiger partial charge in [-0.3, -0.25) is 10.1 Å². The minimum Gasteiger partial charge on any atom is -0.502 e.